The van der Waals surface area contributed by atoms with Crippen molar-refractivity contribution >= 4 is 56.7 Å². The van der Waals surface area contributed by atoms with Crippen molar-refractivity contribution in [2.24, 2.45) is 0 Å². The van der Waals surface area contributed by atoms with Gasteiger partial charge >= 0.3 is 0 Å². The molecule has 0 radical (unpaired) electrons. The number of rotatable bonds is 9. The van der Waals surface area contributed by atoms with Crippen molar-refractivity contribution in [2.75, 3.05) is 13.2 Å². The number of unbranched alkanes of at least 4 members (excludes halogenated alkanes) is 2. The number of hydrogen-bond donors (Lipinski definition) is 3. The van der Waals surface area contributed by atoms with E-state index in [9.17, 15) is 9.59 Å². The largest absolute Gasteiger partial charge is 0.493 e. The van der Waals surface area contributed by atoms with Gasteiger partial charge in [-0.3, -0.25) is 25.8 Å². The Labute approximate surface area is 199 Å². The number of para-hydroxylation sites is 1. The molecule has 0 saturated carbocycles. The Morgan fingerprint density at radius 1 is 1.06 bits per heavy atom. The van der Waals surface area contributed by atoms with Crippen molar-refractivity contribution < 1.29 is 19.1 Å². The summed E-state index contributed by atoms with van der Waals surface area (Å²) in [5.74, 6) is -0.111. The standard InChI is InChI=1S/C21H23BrClN3O4S/c1-2-3-6-11-29-17-8-5-4-7-15(17)20(28)24-21(31)26-25-19(27)13-30-18-10-9-14(22)12-16(18)23/h4-5,7-10,12H,2-3,6,11,13H2,1H3,(H,25,27)(H2,24,26,28,31). The highest BCUT2D eigenvalue weighted by atomic mass is 79.9. The fraction of sp³-hybridized carbons (Fsp3) is 0.286. The third kappa shape index (κ3) is 8.72. The summed E-state index contributed by atoms with van der Waals surface area (Å²) in [4.78, 5) is 24.4. The molecule has 0 spiro atoms. The van der Waals surface area contributed by atoms with Crippen molar-refractivity contribution in [3.63, 3.8) is 0 Å². The van der Waals surface area contributed by atoms with Crippen molar-refractivity contribution in [1.29, 1.82) is 0 Å². The molecule has 0 aliphatic heterocycles. The summed E-state index contributed by atoms with van der Waals surface area (Å²) in [6, 6.07) is 11.9. The first-order valence-electron chi connectivity index (χ1n) is 9.60. The minimum absolute atomic E-state index is 0.0687. The summed E-state index contributed by atoms with van der Waals surface area (Å²) < 4.78 is 11.9. The predicted molar refractivity (Wildman–Crippen MR) is 127 cm³/mol. The van der Waals surface area contributed by atoms with Crippen molar-refractivity contribution in [3.05, 3.63) is 57.5 Å². The molecular formula is C21H23BrClN3O4S. The zero-order chi connectivity index (χ0) is 22.6. The maximum Gasteiger partial charge on any atom is 0.276 e. The fourth-order valence-electron chi connectivity index (χ4n) is 2.41. The second-order valence-corrected chi connectivity index (χ2v) is 8.10. The molecule has 3 N–H and O–H groups in total. The molecule has 0 atom stereocenters. The van der Waals surface area contributed by atoms with E-state index in [-0.39, 0.29) is 11.7 Å². The van der Waals surface area contributed by atoms with Crippen LogP contribution in [0.1, 0.15) is 36.5 Å². The molecule has 2 amide bonds. The van der Waals surface area contributed by atoms with E-state index in [4.69, 9.17) is 33.3 Å². The molecule has 2 rings (SSSR count). The van der Waals surface area contributed by atoms with Crippen molar-refractivity contribution in [1.82, 2.24) is 16.2 Å². The molecule has 10 heteroatoms. The van der Waals surface area contributed by atoms with E-state index in [1.807, 2.05) is 0 Å². The number of nitrogens with one attached hydrogen (secondary N) is 3. The third-order valence-electron chi connectivity index (χ3n) is 3.93. The average molecular weight is 529 g/mol. The number of amides is 2. The minimum atomic E-state index is -0.504. The summed E-state index contributed by atoms with van der Waals surface area (Å²) in [5.41, 5.74) is 5.16. The van der Waals surface area contributed by atoms with Crippen LogP contribution in [0.2, 0.25) is 5.02 Å². The lowest BCUT2D eigenvalue weighted by Gasteiger charge is -2.14. The van der Waals surface area contributed by atoms with E-state index in [0.29, 0.717) is 28.7 Å². The SMILES string of the molecule is CCCCCOc1ccccc1C(=O)NC(=S)NNC(=O)COc1ccc(Br)cc1Cl. The number of benzene rings is 2. The molecular weight excluding hydrogens is 506 g/mol. The van der Waals surface area contributed by atoms with E-state index in [1.54, 1.807) is 42.5 Å². The summed E-state index contributed by atoms with van der Waals surface area (Å²) >= 11 is 14.4. The highest BCUT2D eigenvalue weighted by Crippen LogP contribution is 2.27. The minimum Gasteiger partial charge on any atom is -0.493 e. The second-order valence-electron chi connectivity index (χ2n) is 6.37. The van der Waals surface area contributed by atoms with Gasteiger partial charge in [0.15, 0.2) is 11.7 Å². The van der Waals surface area contributed by atoms with E-state index < -0.39 is 11.8 Å². The van der Waals surface area contributed by atoms with Crippen LogP contribution in [0.25, 0.3) is 0 Å². The van der Waals surface area contributed by atoms with Crippen LogP contribution in [0, 0.1) is 0 Å². The van der Waals surface area contributed by atoms with Gasteiger partial charge in [-0.05, 0) is 49.0 Å². The highest BCUT2D eigenvalue weighted by Gasteiger charge is 2.14. The van der Waals surface area contributed by atoms with Gasteiger partial charge < -0.3 is 9.47 Å². The molecule has 0 fully saturated rings. The first-order chi connectivity index (χ1) is 14.9. The van der Waals surface area contributed by atoms with Crippen LogP contribution in [0.15, 0.2) is 46.9 Å². The van der Waals surface area contributed by atoms with Gasteiger partial charge in [0.1, 0.15) is 11.5 Å². The van der Waals surface area contributed by atoms with Crippen LogP contribution in [0.4, 0.5) is 0 Å². The number of ether oxygens (including phenoxy) is 2. The average Bonchev–Trinajstić information content (AvgIpc) is 2.75. The molecule has 0 saturated heterocycles. The molecule has 166 valence electrons. The van der Waals surface area contributed by atoms with Gasteiger partial charge in [0, 0.05) is 4.47 Å². The number of hydrazine groups is 1. The topological polar surface area (TPSA) is 88.7 Å². The molecule has 2 aromatic carbocycles. The molecule has 7 nitrogen and oxygen atoms in total. The fourth-order valence-corrected chi connectivity index (χ4v) is 3.29. The zero-order valence-electron chi connectivity index (χ0n) is 16.9. The Kier molecular flexibility index (Phi) is 10.6. The van der Waals surface area contributed by atoms with Crippen LogP contribution in [-0.2, 0) is 4.79 Å². The second kappa shape index (κ2) is 13.1. The maximum atomic E-state index is 12.5. The Bertz CT molecular complexity index is 929. The quantitative estimate of drug-likeness (QED) is 0.254. The van der Waals surface area contributed by atoms with Crippen LogP contribution in [-0.4, -0.2) is 30.1 Å². The molecule has 0 heterocycles. The smallest absolute Gasteiger partial charge is 0.276 e. The van der Waals surface area contributed by atoms with Gasteiger partial charge in [0.2, 0.25) is 0 Å². The molecule has 0 unspecified atom stereocenters. The lowest BCUT2D eigenvalue weighted by atomic mass is 10.2. The van der Waals surface area contributed by atoms with Crippen LogP contribution in [0.3, 0.4) is 0 Å². The zero-order valence-corrected chi connectivity index (χ0v) is 20.0. The molecule has 2 aromatic rings. The van der Waals surface area contributed by atoms with E-state index in [0.717, 1.165) is 23.7 Å². The third-order valence-corrected chi connectivity index (χ3v) is 4.93. The first kappa shape index (κ1) is 24.9. The van der Waals surface area contributed by atoms with Gasteiger partial charge in [-0.15, -0.1) is 0 Å². The predicted octanol–water partition coefficient (Wildman–Crippen LogP) is 4.39. The molecule has 0 bridgehead atoms. The van der Waals surface area contributed by atoms with Crippen LogP contribution < -0.4 is 25.6 Å². The van der Waals surface area contributed by atoms with Crippen LogP contribution in [0.5, 0.6) is 11.5 Å². The Morgan fingerprint density at radius 3 is 2.58 bits per heavy atom. The first-order valence-corrected chi connectivity index (χ1v) is 11.2. The summed E-state index contributed by atoms with van der Waals surface area (Å²) in [7, 11) is 0. The van der Waals surface area contributed by atoms with E-state index in [1.165, 1.54) is 0 Å². The normalized spacial score (nSPS) is 10.2. The lowest BCUT2D eigenvalue weighted by molar-refractivity contribution is -0.123. The molecule has 0 aromatic heterocycles. The number of carbonyl (C=O) groups is 2. The molecule has 0 aliphatic carbocycles. The van der Waals surface area contributed by atoms with Gasteiger partial charge in [-0.1, -0.05) is 59.4 Å². The number of hydrogen-bond acceptors (Lipinski definition) is 5. The van der Waals surface area contributed by atoms with Gasteiger partial charge in [-0.25, -0.2) is 0 Å². The number of carbonyl (C=O) groups excluding carboxylic acids is 2. The van der Waals surface area contributed by atoms with Gasteiger partial charge in [0.05, 0.1) is 17.2 Å². The summed E-state index contributed by atoms with van der Waals surface area (Å²) in [6.45, 7) is 2.34. The Balaban J connectivity index is 1.79. The lowest BCUT2D eigenvalue weighted by Crippen LogP contribution is -2.49. The van der Waals surface area contributed by atoms with E-state index in [2.05, 4.69) is 39.0 Å². The molecule has 0 aliphatic rings. The van der Waals surface area contributed by atoms with Crippen molar-refractivity contribution in [2.45, 2.75) is 26.2 Å². The summed E-state index contributed by atoms with van der Waals surface area (Å²) in [5, 5.41) is 2.80. The number of thiocarbonyl (C=S) groups is 1. The van der Waals surface area contributed by atoms with Crippen LogP contribution >= 0.6 is 39.7 Å². The summed E-state index contributed by atoms with van der Waals surface area (Å²) in [6.07, 6.45) is 3.05. The highest BCUT2D eigenvalue weighted by molar-refractivity contribution is 9.10. The monoisotopic (exact) mass is 527 g/mol. The van der Waals surface area contributed by atoms with Gasteiger partial charge in [0.25, 0.3) is 11.8 Å². The van der Waals surface area contributed by atoms with Gasteiger partial charge in [-0.2, -0.15) is 0 Å². The molecule has 31 heavy (non-hydrogen) atoms. The Morgan fingerprint density at radius 2 is 1.84 bits per heavy atom. The Hall–Kier alpha value is -2.36. The maximum absolute atomic E-state index is 12.5. The van der Waals surface area contributed by atoms with E-state index >= 15 is 0 Å². The van der Waals surface area contributed by atoms with Crippen molar-refractivity contribution in [3.8, 4) is 11.5 Å². The number of halogens is 2.